The fourth-order valence-corrected chi connectivity index (χ4v) is 2.58. The normalized spacial score (nSPS) is 10.1. The molecular weight excluding hydrogens is 251 g/mol. The van der Waals surface area contributed by atoms with Crippen LogP contribution in [0.25, 0.3) is 10.6 Å². The largest absolute Gasteiger partial charge is 0.294 e. The molecule has 0 aliphatic carbocycles. The summed E-state index contributed by atoms with van der Waals surface area (Å²) in [5, 5.41) is 9.13. The Morgan fingerprint density at radius 1 is 1.50 bits per heavy atom. The number of halogens is 1. The topological polar surface area (TPSA) is 53.8 Å². The summed E-state index contributed by atoms with van der Waals surface area (Å²) in [6.45, 7) is 3.18. The Morgan fingerprint density at radius 3 is 2.72 bits per heavy atom. The molecule has 0 fully saturated rings. The summed E-state index contributed by atoms with van der Waals surface area (Å²) in [4.78, 5) is 16.1. The number of nitrogens with zero attached hydrogens (tertiary/aromatic N) is 2. The van der Waals surface area contributed by atoms with Crippen molar-refractivity contribution in [3.8, 4) is 16.6 Å². The molecule has 0 saturated carbocycles. The highest BCUT2D eigenvalue weighted by atomic mass is 32.1. The smallest absolute Gasteiger partial charge is 0.171 e. The number of nitriles is 1. The Hall–Kier alpha value is -2.06. The van der Waals surface area contributed by atoms with Crippen LogP contribution in [0.2, 0.25) is 0 Å². The number of carbonyl (C=O) groups excluding carboxylic acids is 1. The molecule has 0 radical (unpaired) electrons. The molecule has 0 aliphatic heterocycles. The maximum Gasteiger partial charge on any atom is 0.171 e. The Bertz CT molecular complexity index is 670. The maximum atomic E-state index is 13.8. The van der Waals surface area contributed by atoms with Crippen molar-refractivity contribution >= 4 is 17.1 Å². The number of aromatic nitrogens is 1. The predicted octanol–water partition coefficient (Wildman–Crippen LogP) is 3.33. The summed E-state index contributed by atoms with van der Waals surface area (Å²) >= 11 is 1.16. The molecular formula is C13H9FN2OS. The second-order valence-corrected chi connectivity index (χ2v) is 4.80. The first-order valence-electron chi connectivity index (χ1n) is 5.21. The van der Waals surface area contributed by atoms with E-state index in [9.17, 15) is 9.18 Å². The molecule has 5 heteroatoms. The van der Waals surface area contributed by atoms with Gasteiger partial charge in [-0.1, -0.05) is 0 Å². The summed E-state index contributed by atoms with van der Waals surface area (Å²) in [6.07, 6.45) is 0. The fourth-order valence-electron chi connectivity index (χ4n) is 1.60. The molecule has 0 bridgehead atoms. The second-order valence-electron chi connectivity index (χ2n) is 3.80. The number of Topliss-reactive ketones (excluding diaryl/α,β-unsaturated/α-hetero) is 1. The van der Waals surface area contributed by atoms with E-state index in [0.29, 0.717) is 21.1 Å². The van der Waals surface area contributed by atoms with Crippen LogP contribution in [0.15, 0.2) is 18.2 Å². The number of thiazole rings is 1. The molecule has 1 heterocycles. The Kier molecular flexibility index (Phi) is 3.21. The molecule has 90 valence electrons. The summed E-state index contributed by atoms with van der Waals surface area (Å²) in [7, 11) is 0. The number of rotatable bonds is 2. The minimum Gasteiger partial charge on any atom is -0.294 e. The van der Waals surface area contributed by atoms with Gasteiger partial charge < -0.3 is 0 Å². The molecule has 1 aromatic heterocycles. The zero-order chi connectivity index (χ0) is 13.3. The highest BCUT2D eigenvalue weighted by Crippen LogP contribution is 2.30. The molecule has 0 spiro atoms. The summed E-state index contributed by atoms with van der Waals surface area (Å²) in [5.41, 5.74) is 1.18. The van der Waals surface area contributed by atoms with E-state index in [1.54, 1.807) is 6.92 Å². The van der Waals surface area contributed by atoms with Crippen LogP contribution in [0, 0.1) is 24.1 Å². The summed E-state index contributed by atoms with van der Waals surface area (Å²) < 4.78 is 13.8. The molecule has 3 nitrogen and oxygen atoms in total. The lowest BCUT2D eigenvalue weighted by Gasteiger charge is -1.98. The average Bonchev–Trinajstić information content (AvgIpc) is 2.71. The van der Waals surface area contributed by atoms with E-state index in [2.05, 4.69) is 4.98 Å². The number of hydrogen-bond donors (Lipinski definition) is 0. The van der Waals surface area contributed by atoms with Crippen molar-refractivity contribution in [2.45, 2.75) is 13.8 Å². The van der Waals surface area contributed by atoms with Crippen LogP contribution in [-0.2, 0) is 0 Å². The average molecular weight is 260 g/mol. The Morgan fingerprint density at radius 2 is 2.22 bits per heavy atom. The first-order valence-corrected chi connectivity index (χ1v) is 6.03. The summed E-state index contributed by atoms with van der Waals surface area (Å²) in [5.74, 6) is -0.580. The number of benzene rings is 1. The first-order chi connectivity index (χ1) is 8.52. The number of hydrogen-bond acceptors (Lipinski definition) is 4. The first kappa shape index (κ1) is 12.4. The third kappa shape index (κ3) is 2.15. The molecule has 2 rings (SSSR count). The number of carbonyl (C=O) groups is 1. The van der Waals surface area contributed by atoms with Gasteiger partial charge in [0, 0.05) is 12.5 Å². The molecule has 0 aliphatic rings. The van der Waals surface area contributed by atoms with Gasteiger partial charge in [-0.25, -0.2) is 9.37 Å². The lowest BCUT2D eigenvalue weighted by atomic mass is 10.1. The van der Waals surface area contributed by atoms with Crippen LogP contribution >= 0.6 is 11.3 Å². The minimum atomic E-state index is -0.502. The van der Waals surface area contributed by atoms with Crippen molar-refractivity contribution in [1.82, 2.24) is 4.98 Å². The van der Waals surface area contributed by atoms with Gasteiger partial charge in [-0.2, -0.15) is 5.26 Å². The monoisotopic (exact) mass is 260 g/mol. The molecule has 0 saturated heterocycles. The lowest BCUT2D eigenvalue weighted by Crippen LogP contribution is -1.89. The zero-order valence-electron chi connectivity index (χ0n) is 9.82. The molecule has 0 amide bonds. The highest BCUT2D eigenvalue weighted by Gasteiger charge is 2.15. The van der Waals surface area contributed by atoms with E-state index >= 15 is 0 Å². The summed E-state index contributed by atoms with van der Waals surface area (Å²) in [6, 6.07) is 6.08. The van der Waals surface area contributed by atoms with Crippen molar-refractivity contribution in [2.24, 2.45) is 0 Å². The molecule has 0 unspecified atom stereocenters. The maximum absolute atomic E-state index is 13.8. The number of aryl methyl sites for hydroxylation is 1. The third-order valence-electron chi connectivity index (χ3n) is 2.44. The van der Waals surface area contributed by atoms with Crippen LogP contribution in [0.4, 0.5) is 4.39 Å². The molecule has 18 heavy (non-hydrogen) atoms. The van der Waals surface area contributed by atoms with Crippen molar-refractivity contribution in [2.75, 3.05) is 0 Å². The van der Waals surface area contributed by atoms with Crippen LogP contribution in [0.5, 0.6) is 0 Å². The van der Waals surface area contributed by atoms with Gasteiger partial charge in [0.25, 0.3) is 0 Å². The Balaban J connectivity index is 2.53. The van der Waals surface area contributed by atoms with Crippen LogP contribution in [0.1, 0.15) is 27.9 Å². The van der Waals surface area contributed by atoms with Gasteiger partial charge in [-0.3, -0.25) is 4.79 Å². The van der Waals surface area contributed by atoms with Crippen molar-refractivity contribution in [3.63, 3.8) is 0 Å². The minimum absolute atomic E-state index is 0.0784. The lowest BCUT2D eigenvalue weighted by molar-refractivity contribution is 0.102. The van der Waals surface area contributed by atoms with E-state index < -0.39 is 5.82 Å². The molecule has 1 aromatic carbocycles. The quantitative estimate of drug-likeness (QED) is 0.778. The van der Waals surface area contributed by atoms with Gasteiger partial charge in [0.1, 0.15) is 10.8 Å². The van der Waals surface area contributed by atoms with E-state index in [1.165, 1.54) is 25.1 Å². The number of ketones is 1. The van der Waals surface area contributed by atoms with Crippen molar-refractivity contribution < 1.29 is 9.18 Å². The highest BCUT2D eigenvalue weighted by molar-refractivity contribution is 7.17. The second kappa shape index (κ2) is 4.67. The van der Waals surface area contributed by atoms with Crippen molar-refractivity contribution in [3.05, 3.63) is 40.2 Å². The van der Waals surface area contributed by atoms with Crippen LogP contribution in [0.3, 0.4) is 0 Å². The zero-order valence-corrected chi connectivity index (χ0v) is 10.6. The van der Waals surface area contributed by atoms with E-state index in [1.807, 2.05) is 6.07 Å². The molecule has 2 aromatic rings. The Labute approximate surface area is 108 Å². The third-order valence-corrected chi connectivity index (χ3v) is 3.74. The van der Waals surface area contributed by atoms with E-state index in [0.717, 1.165) is 11.3 Å². The van der Waals surface area contributed by atoms with Gasteiger partial charge in [0.2, 0.25) is 0 Å². The van der Waals surface area contributed by atoms with Crippen LogP contribution < -0.4 is 0 Å². The standard InChI is InChI=1S/C13H9FN2OS/c1-7-12(8(2)17)18-13(16-7)10-4-3-9(6-15)5-11(10)14/h3-5H,1-2H3. The van der Waals surface area contributed by atoms with Gasteiger partial charge in [0.05, 0.1) is 22.2 Å². The van der Waals surface area contributed by atoms with Crippen LogP contribution in [-0.4, -0.2) is 10.8 Å². The van der Waals surface area contributed by atoms with E-state index in [-0.39, 0.29) is 11.3 Å². The van der Waals surface area contributed by atoms with E-state index in [4.69, 9.17) is 5.26 Å². The van der Waals surface area contributed by atoms with Gasteiger partial charge in [0.15, 0.2) is 5.78 Å². The SMILES string of the molecule is CC(=O)c1sc(-c2ccc(C#N)cc2F)nc1C. The van der Waals surface area contributed by atoms with Gasteiger partial charge in [-0.15, -0.1) is 11.3 Å². The van der Waals surface area contributed by atoms with Gasteiger partial charge >= 0.3 is 0 Å². The molecule has 0 atom stereocenters. The predicted molar refractivity (Wildman–Crippen MR) is 67.0 cm³/mol. The van der Waals surface area contributed by atoms with Crippen molar-refractivity contribution in [1.29, 1.82) is 5.26 Å². The van der Waals surface area contributed by atoms with Gasteiger partial charge in [-0.05, 0) is 25.1 Å². The fraction of sp³-hybridized carbons (Fsp3) is 0.154. The molecule has 0 N–H and O–H groups in total.